The first-order chi connectivity index (χ1) is 9.94. The first kappa shape index (κ1) is 14.1. The number of aromatic nitrogens is 2. The van der Waals surface area contributed by atoms with Gasteiger partial charge in [-0.1, -0.05) is 6.07 Å². The van der Waals surface area contributed by atoms with Crippen LogP contribution in [0.2, 0.25) is 0 Å². The van der Waals surface area contributed by atoms with E-state index in [1.54, 1.807) is 0 Å². The third kappa shape index (κ3) is 2.92. The van der Waals surface area contributed by atoms with Crippen LogP contribution in [0, 0.1) is 6.92 Å². The SMILES string of the molecule is Cc1nc2ccccn2c1CC(=O)N[C@@H]1CCS(=O)(=O)C1. The summed E-state index contributed by atoms with van der Waals surface area (Å²) in [6, 6.07) is 5.41. The van der Waals surface area contributed by atoms with Gasteiger partial charge < -0.3 is 9.72 Å². The van der Waals surface area contributed by atoms with Crippen LogP contribution in [0.4, 0.5) is 0 Å². The number of amides is 1. The Balaban J connectivity index is 1.74. The number of pyridine rings is 1. The van der Waals surface area contributed by atoms with E-state index in [0.717, 1.165) is 17.0 Å². The van der Waals surface area contributed by atoms with E-state index >= 15 is 0 Å². The molecule has 1 atom stereocenters. The minimum Gasteiger partial charge on any atom is -0.352 e. The van der Waals surface area contributed by atoms with E-state index in [-0.39, 0.29) is 29.9 Å². The number of hydrogen-bond donors (Lipinski definition) is 1. The monoisotopic (exact) mass is 307 g/mol. The van der Waals surface area contributed by atoms with Crippen molar-refractivity contribution < 1.29 is 13.2 Å². The van der Waals surface area contributed by atoms with Crippen molar-refractivity contribution in [3.63, 3.8) is 0 Å². The van der Waals surface area contributed by atoms with Crippen molar-refractivity contribution in [2.75, 3.05) is 11.5 Å². The molecule has 2 aromatic rings. The summed E-state index contributed by atoms with van der Waals surface area (Å²) >= 11 is 0. The topological polar surface area (TPSA) is 80.5 Å². The lowest BCUT2D eigenvalue weighted by atomic mass is 10.2. The second-order valence-electron chi connectivity index (χ2n) is 5.42. The van der Waals surface area contributed by atoms with Crippen LogP contribution >= 0.6 is 0 Å². The van der Waals surface area contributed by atoms with Gasteiger partial charge in [-0.15, -0.1) is 0 Å². The van der Waals surface area contributed by atoms with Crippen molar-refractivity contribution in [1.29, 1.82) is 0 Å². The predicted molar refractivity (Wildman–Crippen MR) is 78.8 cm³/mol. The highest BCUT2D eigenvalue weighted by Crippen LogP contribution is 2.14. The van der Waals surface area contributed by atoms with Crippen molar-refractivity contribution in [3.05, 3.63) is 35.8 Å². The molecule has 1 amide bonds. The lowest BCUT2D eigenvalue weighted by Crippen LogP contribution is -2.36. The largest absolute Gasteiger partial charge is 0.352 e. The highest BCUT2D eigenvalue weighted by atomic mass is 32.2. The third-order valence-corrected chi connectivity index (χ3v) is 5.52. The Morgan fingerprint density at radius 1 is 1.48 bits per heavy atom. The number of rotatable bonds is 3. The van der Waals surface area contributed by atoms with Gasteiger partial charge in [-0.25, -0.2) is 13.4 Å². The molecule has 112 valence electrons. The van der Waals surface area contributed by atoms with Crippen LogP contribution in [0.15, 0.2) is 24.4 Å². The molecular formula is C14H17N3O3S. The van der Waals surface area contributed by atoms with E-state index in [0.29, 0.717) is 6.42 Å². The van der Waals surface area contributed by atoms with Crippen LogP contribution in [0.3, 0.4) is 0 Å². The quantitative estimate of drug-likeness (QED) is 0.895. The summed E-state index contributed by atoms with van der Waals surface area (Å²) in [5.74, 6) is 0.0446. The summed E-state index contributed by atoms with van der Waals surface area (Å²) in [6.45, 7) is 1.87. The number of nitrogens with one attached hydrogen (secondary N) is 1. The molecule has 0 bridgehead atoms. The summed E-state index contributed by atoms with van der Waals surface area (Å²) < 4.78 is 24.7. The van der Waals surface area contributed by atoms with Crippen molar-refractivity contribution in [1.82, 2.24) is 14.7 Å². The molecule has 1 N–H and O–H groups in total. The number of hydrogen-bond acceptors (Lipinski definition) is 4. The van der Waals surface area contributed by atoms with Crippen LogP contribution in [-0.4, -0.2) is 41.3 Å². The fourth-order valence-corrected chi connectivity index (χ4v) is 4.39. The molecule has 1 fully saturated rings. The maximum atomic E-state index is 12.1. The minimum atomic E-state index is -2.98. The Labute approximate surface area is 123 Å². The molecule has 1 saturated heterocycles. The average molecular weight is 307 g/mol. The second kappa shape index (κ2) is 5.14. The van der Waals surface area contributed by atoms with E-state index in [2.05, 4.69) is 10.3 Å². The summed E-state index contributed by atoms with van der Waals surface area (Å²) in [5.41, 5.74) is 2.46. The zero-order valence-electron chi connectivity index (χ0n) is 11.7. The number of nitrogens with zero attached hydrogens (tertiary/aromatic N) is 2. The van der Waals surface area contributed by atoms with Gasteiger partial charge in [0.1, 0.15) is 5.65 Å². The second-order valence-corrected chi connectivity index (χ2v) is 7.65. The Hall–Kier alpha value is -1.89. The molecule has 0 spiro atoms. The van der Waals surface area contributed by atoms with Gasteiger partial charge in [-0.05, 0) is 25.5 Å². The van der Waals surface area contributed by atoms with Crippen molar-refractivity contribution >= 4 is 21.4 Å². The van der Waals surface area contributed by atoms with E-state index < -0.39 is 9.84 Å². The maximum Gasteiger partial charge on any atom is 0.226 e. The maximum absolute atomic E-state index is 12.1. The fourth-order valence-electron chi connectivity index (χ4n) is 2.72. The average Bonchev–Trinajstić information content (AvgIpc) is 2.90. The molecular weight excluding hydrogens is 290 g/mol. The Bertz CT molecular complexity index is 795. The van der Waals surface area contributed by atoms with E-state index in [1.165, 1.54) is 0 Å². The summed E-state index contributed by atoms with van der Waals surface area (Å²) in [7, 11) is -2.98. The summed E-state index contributed by atoms with van der Waals surface area (Å²) in [5, 5.41) is 2.81. The van der Waals surface area contributed by atoms with Gasteiger partial charge in [0.2, 0.25) is 5.91 Å². The normalized spacial score (nSPS) is 20.7. The number of carbonyl (C=O) groups is 1. The van der Waals surface area contributed by atoms with Crippen LogP contribution in [0.25, 0.3) is 5.65 Å². The van der Waals surface area contributed by atoms with Crippen LogP contribution in [-0.2, 0) is 21.1 Å². The Kier molecular flexibility index (Phi) is 3.44. The summed E-state index contributed by atoms with van der Waals surface area (Å²) in [6.07, 6.45) is 2.58. The first-order valence-corrected chi connectivity index (χ1v) is 8.69. The molecule has 0 saturated carbocycles. The molecule has 1 aliphatic rings. The standard InChI is InChI=1S/C14H17N3O3S/c1-10-12(17-6-3-2-4-13(17)15-10)8-14(18)16-11-5-7-21(19,20)9-11/h2-4,6,11H,5,7-9H2,1H3,(H,16,18)/t11-/m1/s1. The highest BCUT2D eigenvalue weighted by molar-refractivity contribution is 7.91. The van der Waals surface area contributed by atoms with Gasteiger partial charge in [0.25, 0.3) is 0 Å². The fraction of sp³-hybridized carbons (Fsp3) is 0.429. The number of aryl methyl sites for hydroxylation is 1. The Morgan fingerprint density at radius 2 is 2.29 bits per heavy atom. The molecule has 0 radical (unpaired) electrons. The number of sulfone groups is 1. The first-order valence-electron chi connectivity index (χ1n) is 6.87. The van der Waals surface area contributed by atoms with Gasteiger partial charge in [0.05, 0.1) is 29.3 Å². The van der Waals surface area contributed by atoms with Crippen LogP contribution < -0.4 is 5.32 Å². The molecule has 6 nitrogen and oxygen atoms in total. The number of imidazole rings is 1. The van der Waals surface area contributed by atoms with Crippen molar-refractivity contribution in [3.8, 4) is 0 Å². The molecule has 0 unspecified atom stereocenters. The van der Waals surface area contributed by atoms with Crippen molar-refractivity contribution in [2.45, 2.75) is 25.8 Å². The molecule has 2 aromatic heterocycles. The predicted octanol–water partition coefficient (Wildman–Crippen LogP) is 0.489. The highest BCUT2D eigenvalue weighted by Gasteiger charge is 2.29. The van der Waals surface area contributed by atoms with Crippen LogP contribution in [0.1, 0.15) is 17.8 Å². The molecule has 0 aliphatic carbocycles. The molecule has 0 aromatic carbocycles. The zero-order valence-corrected chi connectivity index (χ0v) is 12.6. The molecule has 7 heteroatoms. The molecule has 3 heterocycles. The molecule has 1 aliphatic heterocycles. The lowest BCUT2D eigenvalue weighted by molar-refractivity contribution is -0.121. The van der Waals surface area contributed by atoms with E-state index in [9.17, 15) is 13.2 Å². The van der Waals surface area contributed by atoms with Gasteiger partial charge >= 0.3 is 0 Å². The van der Waals surface area contributed by atoms with Gasteiger partial charge in [-0.2, -0.15) is 0 Å². The summed E-state index contributed by atoms with van der Waals surface area (Å²) in [4.78, 5) is 16.5. The molecule has 21 heavy (non-hydrogen) atoms. The van der Waals surface area contributed by atoms with E-state index in [4.69, 9.17) is 0 Å². The van der Waals surface area contributed by atoms with Crippen LogP contribution in [0.5, 0.6) is 0 Å². The minimum absolute atomic E-state index is 0.0465. The molecule has 3 rings (SSSR count). The van der Waals surface area contributed by atoms with Gasteiger partial charge in [0, 0.05) is 12.2 Å². The van der Waals surface area contributed by atoms with Gasteiger partial charge in [0.15, 0.2) is 9.84 Å². The number of carbonyl (C=O) groups excluding carboxylic acids is 1. The lowest BCUT2D eigenvalue weighted by Gasteiger charge is -2.11. The smallest absolute Gasteiger partial charge is 0.226 e. The van der Waals surface area contributed by atoms with Crippen molar-refractivity contribution in [2.24, 2.45) is 0 Å². The van der Waals surface area contributed by atoms with E-state index in [1.807, 2.05) is 35.7 Å². The Morgan fingerprint density at radius 3 is 3.00 bits per heavy atom. The third-order valence-electron chi connectivity index (χ3n) is 3.75. The van der Waals surface area contributed by atoms with Gasteiger partial charge in [-0.3, -0.25) is 4.79 Å². The zero-order chi connectivity index (χ0) is 15.0. The number of fused-ring (bicyclic) bond motifs is 1.